The first-order valence-corrected chi connectivity index (χ1v) is 8.24. The summed E-state index contributed by atoms with van der Waals surface area (Å²) in [5, 5.41) is -0.171. The highest BCUT2D eigenvalue weighted by atomic mass is 32.2. The molecule has 0 bridgehead atoms. The normalized spacial score (nSPS) is 13.2. The van der Waals surface area contributed by atoms with Crippen molar-refractivity contribution >= 4 is 26.5 Å². The van der Waals surface area contributed by atoms with Crippen LogP contribution in [0.2, 0.25) is 0 Å². The van der Waals surface area contributed by atoms with E-state index in [-0.39, 0.29) is 23.0 Å². The van der Waals surface area contributed by atoms with Crippen LogP contribution in [-0.4, -0.2) is 35.7 Å². The molecule has 0 saturated carbocycles. The minimum absolute atomic E-state index is 0.101. The Morgan fingerprint density at radius 2 is 2.22 bits per heavy atom. The van der Waals surface area contributed by atoms with Gasteiger partial charge in [-0.2, -0.15) is 0 Å². The number of anilines is 1. The number of rotatable bonds is 7. The Kier molecular flexibility index (Phi) is 5.66. The Morgan fingerprint density at radius 3 is 2.83 bits per heavy atom. The van der Waals surface area contributed by atoms with Gasteiger partial charge in [-0.05, 0) is 12.1 Å². The summed E-state index contributed by atoms with van der Waals surface area (Å²) in [5.41, 5.74) is 2.48. The van der Waals surface area contributed by atoms with Crippen LogP contribution >= 0.6 is 0 Å². The molecule has 1 aromatic rings. The van der Waals surface area contributed by atoms with Crippen LogP contribution in [0.4, 0.5) is 5.69 Å². The zero-order valence-corrected chi connectivity index (χ0v) is 11.6. The van der Waals surface area contributed by atoms with Gasteiger partial charge in [-0.3, -0.25) is 10.1 Å². The molecule has 1 heterocycles. The maximum absolute atomic E-state index is 11.9. The van der Waals surface area contributed by atoms with E-state index in [0.29, 0.717) is 5.75 Å². The third kappa shape index (κ3) is 4.02. The topological polar surface area (TPSA) is 114 Å². The van der Waals surface area contributed by atoms with Crippen LogP contribution in [-0.2, 0) is 20.8 Å². The fourth-order valence-corrected chi connectivity index (χ4v) is 3.09. The minimum Gasteiger partial charge on any atom is -0.321 e. The van der Waals surface area contributed by atoms with Crippen molar-refractivity contribution in [2.24, 2.45) is 5.84 Å². The van der Waals surface area contributed by atoms with Crippen molar-refractivity contribution in [3.8, 4) is 0 Å². The van der Waals surface area contributed by atoms with E-state index in [1.54, 1.807) is 13.0 Å². The number of hydrogen-bond donors (Lipinski definition) is 3. The molecule has 4 N–H and O–H groups in total. The first-order valence-electron chi connectivity index (χ1n) is 5.27. The SMILES string of the molecule is CCS(=O)CCNS(=O)(=O)c1ncccc1NN. The lowest BCUT2D eigenvalue weighted by Gasteiger charge is -2.09. The maximum Gasteiger partial charge on any atom is 0.260 e. The Labute approximate surface area is 109 Å². The highest BCUT2D eigenvalue weighted by Gasteiger charge is 2.19. The largest absolute Gasteiger partial charge is 0.321 e. The van der Waals surface area contributed by atoms with Crippen molar-refractivity contribution in [3.05, 3.63) is 18.3 Å². The van der Waals surface area contributed by atoms with Crippen LogP contribution in [0.15, 0.2) is 23.4 Å². The highest BCUT2D eigenvalue weighted by molar-refractivity contribution is 7.89. The molecule has 0 radical (unpaired) electrons. The number of nitrogens with one attached hydrogen (secondary N) is 2. The van der Waals surface area contributed by atoms with E-state index in [1.807, 2.05) is 0 Å². The van der Waals surface area contributed by atoms with Gasteiger partial charge in [-0.15, -0.1) is 0 Å². The zero-order chi connectivity index (χ0) is 13.6. The fourth-order valence-electron chi connectivity index (χ4n) is 1.22. The molecule has 1 aromatic heterocycles. The maximum atomic E-state index is 11.9. The van der Waals surface area contributed by atoms with Crippen molar-refractivity contribution < 1.29 is 12.6 Å². The lowest BCUT2D eigenvalue weighted by molar-refractivity contribution is 0.580. The smallest absolute Gasteiger partial charge is 0.260 e. The number of nitrogens with two attached hydrogens (primary N) is 1. The average Bonchev–Trinajstić information content (AvgIpc) is 2.38. The van der Waals surface area contributed by atoms with E-state index in [0.717, 1.165) is 0 Å². The molecular formula is C9H16N4O3S2. The van der Waals surface area contributed by atoms with E-state index in [9.17, 15) is 12.6 Å². The van der Waals surface area contributed by atoms with Gasteiger partial charge in [-0.25, -0.2) is 18.1 Å². The second-order valence-electron chi connectivity index (χ2n) is 3.33. The molecule has 1 rings (SSSR count). The molecule has 0 aromatic carbocycles. The summed E-state index contributed by atoms with van der Waals surface area (Å²) in [6.07, 6.45) is 1.36. The third-order valence-corrected chi connectivity index (χ3v) is 4.85. The lowest BCUT2D eigenvalue weighted by Crippen LogP contribution is -2.30. The average molecular weight is 292 g/mol. The molecule has 102 valence electrons. The Balaban J connectivity index is 2.77. The van der Waals surface area contributed by atoms with Crippen molar-refractivity contribution in [3.63, 3.8) is 0 Å². The van der Waals surface area contributed by atoms with Crippen LogP contribution in [0.1, 0.15) is 6.92 Å². The molecule has 0 amide bonds. The van der Waals surface area contributed by atoms with Crippen molar-refractivity contribution in [1.82, 2.24) is 9.71 Å². The molecule has 0 spiro atoms. The lowest BCUT2D eigenvalue weighted by atomic mass is 10.4. The monoisotopic (exact) mass is 292 g/mol. The van der Waals surface area contributed by atoms with Gasteiger partial charge >= 0.3 is 0 Å². The molecule has 1 atom stereocenters. The van der Waals surface area contributed by atoms with Gasteiger partial charge in [0.15, 0.2) is 5.03 Å². The van der Waals surface area contributed by atoms with Crippen LogP contribution in [0.25, 0.3) is 0 Å². The predicted octanol–water partition coefficient (Wildman–Crippen LogP) is -0.586. The summed E-state index contributed by atoms with van der Waals surface area (Å²) < 4.78 is 37.3. The number of nitrogen functional groups attached to an aromatic ring is 1. The molecule has 18 heavy (non-hydrogen) atoms. The molecule has 0 aliphatic heterocycles. The molecule has 0 aliphatic carbocycles. The molecule has 9 heteroatoms. The summed E-state index contributed by atoms with van der Waals surface area (Å²) in [6.45, 7) is 1.88. The number of sulfonamides is 1. The Hall–Kier alpha value is -1.03. The molecular weight excluding hydrogens is 276 g/mol. The van der Waals surface area contributed by atoms with Crippen LogP contribution in [0.5, 0.6) is 0 Å². The first kappa shape index (κ1) is 15.0. The number of hydrazine groups is 1. The molecule has 7 nitrogen and oxygen atoms in total. The molecule has 0 fully saturated rings. The van der Waals surface area contributed by atoms with Crippen molar-refractivity contribution in [2.75, 3.05) is 23.5 Å². The summed E-state index contributed by atoms with van der Waals surface area (Å²) in [6, 6.07) is 3.08. The second kappa shape index (κ2) is 6.78. The minimum atomic E-state index is -3.74. The van der Waals surface area contributed by atoms with Gasteiger partial charge in [-0.1, -0.05) is 6.92 Å². The molecule has 0 aliphatic rings. The van der Waals surface area contributed by atoms with Crippen molar-refractivity contribution in [1.29, 1.82) is 0 Å². The van der Waals surface area contributed by atoms with E-state index >= 15 is 0 Å². The van der Waals surface area contributed by atoms with Crippen molar-refractivity contribution in [2.45, 2.75) is 11.9 Å². The number of hydrogen-bond acceptors (Lipinski definition) is 6. The van der Waals surface area contributed by atoms with Crippen LogP contribution in [0, 0.1) is 0 Å². The fraction of sp³-hybridized carbons (Fsp3) is 0.444. The van der Waals surface area contributed by atoms with Crippen LogP contribution in [0.3, 0.4) is 0 Å². The number of nitrogens with zero attached hydrogens (tertiary/aromatic N) is 1. The Bertz CT molecular complexity index is 518. The summed E-state index contributed by atoms with van der Waals surface area (Å²) in [4.78, 5) is 3.77. The Morgan fingerprint density at radius 1 is 1.50 bits per heavy atom. The van der Waals surface area contributed by atoms with Crippen LogP contribution < -0.4 is 16.0 Å². The molecule has 0 saturated heterocycles. The number of pyridine rings is 1. The summed E-state index contributed by atoms with van der Waals surface area (Å²) in [7, 11) is -4.76. The van der Waals surface area contributed by atoms with E-state index in [1.165, 1.54) is 12.3 Å². The van der Waals surface area contributed by atoms with Gasteiger partial charge < -0.3 is 5.43 Å². The zero-order valence-electron chi connectivity index (χ0n) is 9.92. The highest BCUT2D eigenvalue weighted by Crippen LogP contribution is 2.15. The van der Waals surface area contributed by atoms with E-state index in [2.05, 4.69) is 15.1 Å². The second-order valence-corrected chi connectivity index (χ2v) is 6.88. The van der Waals surface area contributed by atoms with Gasteiger partial charge in [0.2, 0.25) is 0 Å². The third-order valence-electron chi connectivity index (χ3n) is 2.12. The van der Waals surface area contributed by atoms with E-state index in [4.69, 9.17) is 5.84 Å². The van der Waals surface area contributed by atoms with Gasteiger partial charge in [0, 0.05) is 35.0 Å². The number of aromatic nitrogens is 1. The predicted molar refractivity (Wildman–Crippen MR) is 70.8 cm³/mol. The first-order chi connectivity index (χ1) is 8.51. The standard InChI is InChI=1S/C9H16N4O3S2/c1-2-17(14)7-6-12-18(15,16)9-8(13-10)4-3-5-11-9/h3-5,12-13H,2,6-7,10H2,1H3. The van der Waals surface area contributed by atoms with Gasteiger partial charge in [0.25, 0.3) is 10.0 Å². The van der Waals surface area contributed by atoms with Gasteiger partial charge in [0.1, 0.15) is 0 Å². The quantitative estimate of drug-likeness (QED) is 0.457. The summed E-state index contributed by atoms with van der Waals surface area (Å²) >= 11 is 0. The molecule has 1 unspecified atom stereocenters. The summed E-state index contributed by atoms with van der Waals surface area (Å²) in [5.74, 6) is 5.99. The van der Waals surface area contributed by atoms with E-state index < -0.39 is 20.8 Å². The van der Waals surface area contributed by atoms with Gasteiger partial charge in [0.05, 0.1) is 5.69 Å².